The Balaban J connectivity index is 2.59. The van der Waals surface area contributed by atoms with Gasteiger partial charge in [0.2, 0.25) is 0 Å². The van der Waals surface area contributed by atoms with E-state index in [1.165, 1.54) is 10.9 Å². The Morgan fingerprint density at radius 2 is 1.87 bits per heavy atom. The van der Waals surface area contributed by atoms with Crippen molar-refractivity contribution in [1.82, 2.24) is 0 Å². The van der Waals surface area contributed by atoms with Crippen LogP contribution in [0.3, 0.4) is 0 Å². The molecule has 78 valence electrons. The molecule has 0 saturated carbocycles. The lowest BCUT2D eigenvalue weighted by molar-refractivity contribution is 0.632. The number of thiophene rings is 1. The van der Waals surface area contributed by atoms with E-state index in [-0.39, 0.29) is 5.82 Å². The fourth-order valence-electron chi connectivity index (χ4n) is 1.65. The highest BCUT2D eigenvalue weighted by Crippen LogP contribution is 2.32. The van der Waals surface area contributed by atoms with Gasteiger partial charge < -0.3 is 5.73 Å². The quantitative estimate of drug-likeness (QED) is 0.729. The van der Waals surface area contributed by atoms with Crippen LogP contribution < -0.4 is 5.73 Å². The van der Waals surface area contributed by atoms with E-state index in [2.05, 4.69) is 0 Å². The number of halogens is 1. The first kappa shape index (κ1) is 10.2. The summed E-state index contributed by atoms with van der Waals surface area (Å²) in [7, 11) is 0. The van der Waals surface area contributed by atoms with Crippen molar-refractivity contribution in [3.8, 4) is 11.1 Å². The lowest BCUT2D eigenvalue weighted by atomic mass is 10.1. The maximum Gasteiger partial charge on any atom is 0.133 e. The molecule has 0 aliphatic heterocycles. The summed E-state index contributed by atoms with van der Waals surface area (Å²) in [6.07, 6.45) is 0. The summed E-state index contributed by atoms with van der Waals surface area (Å²) >= 11 is 1.68. The molecule has 0 saturated heterocycles. The lowest BCUT2D eigenvalue weighted by Crippen LogP contribution is -1.89. The van der Waals surface area contributed by atoms with Crippen LogP contribution in [0.25, 0.3) is 11.1 Å². The molecule has 2 aromatic rings. The lowest BCUT2D eigenvalue weighted by Gasteiger charge is -2.03. The van der Waals surface area contributed by atoms with Crippen molar-refractivity contribution in [3.05, 3.63) is 39.8 Å². The predicted octanol–water partition coefficient (Wildman–Crippen LogP) is 3.75. The van der Waals surface area contributed by atoms with Crippen molar-refractivity contribution >= 4 is 17.0 Å². The van der Waals surface area contributed by atoms with Gasteiger partial charge in [0.05, 0.1) is 0 Å². The number of anilines is 1. The summed E-state index contributed by atoms with van der Waals surface area (Å²) in [5.41, 5.74) is 7.57. The van der Waals surface area contributed by atoms with Crippen LogP contribution in [-0.4, -0.2) is 0 Å². The first-order valence-corrected chi connectivity index (χ1v) is 5.52. The van der Waals surface area contributed by atoms with Gasteiger partial charge in [-0.2, -0.15) is 0 Å². The summed E-state index contributed by atoms with van der Waals surface area (Å²) in [6.45, 7) is 4.03. The number of aryl methyl sites for hydroxylation is 2. The molecule has 1 aromatic carbocycles. The SMILES string of the molecule is Cc1cc(-c2ccc(N)cc2F)c(C)s1. The van der Waals surface area contributed by atoms with Crippen molar-refractivity contribution in [3.63, 3.8) is 0 Å². The van der Waals surface area contributed by atoms with Crippen LogP contribution in [0, 0.1) is 19.7 Å². The standard InChI is InChI=1S/C12H12FNS/c1-7-5-11(8(2)15-7)10-4-3-9(14)6-12(10)13/h3-6H,14H2,1-2H3. The van der Waals surface area contributed by atoms with Gasteiger partial charge in [-0.15, -0.1) is 11.3 Å². The molecular weight excluding hydrogens is 209 g/mol. The average Bonchev–Trinajstić information content (AvgIpc) is 2.45. The van der Waals surface area contributed by atoms with Crippen LogP contribution in [-0.2, 0) is 0 Å². The smallest absolute Gasteiger partial charge is 0.133 e. The summed E-state index contributed by atoms with van der Waals surface area (Å²) in [6, 6.07) is 6.83. The molecule has 1 heterocycles. The van der Waals surface area contributed by atoms with Crippen molar-refractivity contribution < 1.29 is 4.39 Å². The molecular formula is C12H12FNS. The highest BCUT2D eigenvalue weighted by molar-refractivity contribution is 7.12. The van der Waals surface area contributed by atoms with Crippen LogP contribution in [0.4, 0.5) is 10.1 Å². The second-order valence-electron chi connectivity index (χ2n) is 3.57. The number of rotatable bonds is 1. The third kappa shape index (κ3) is 1.88. The first-order valence-electron chi connectivity index (χ1n) is 4.70. The molecule has 0 unspecified atom stereocenters. The van der Waals surface area contributed by atoms with Crippen LogP contribution in [0.15, 0.2) is 24.3 Å². The normalized spacial score (nSPS) is 10.6. The van der Waals surface area contributed by atoms with Gasteiger partial charge in [0.25, 0.3) is 0 Å². The molecule has 3 heteroatoms. The Kier molecular flexibility index (Phi) is 2.49. The van der Waals surface area contributed by atoms with Gasteiger partial charge in [-0.25, -0.2) is 4.39 Å². The van der Waals surface area contributed by atoms with Gasteiger partial charge in [0, 0.05) is 21.0 Å². The molecule has 15 heavy (non-hydrogen) atoms. The maximum absolute atomic E-state index is 13.7. The summed E-state index contributed by atoms with van der Waals surface area (Å²) in [5, 5.41) is 0. The van der Waals surface area contributed by atoms with Crippen molar-refractivity contribution in [1.29, 1.82) is 0 Å². The summed E-state index contributed by atoms with van der Waals surface area (Å²) in [4.78, 5) is 2.33. The van der Waals surface area contributed by atoms with Crippen LogP contribution in [0.5, 0.6) is 0 Å². The average molecular weight is 221 g/mol. The van der Waals surface area contributed by atoms with E-state index >= 15 is 0 Å². The van der Waals surface area contributed by atoms with Crippen molar-refractivity contribution in [2.75, 3.05) is 5.73 Å². The molecule has 0 bridgehead atoms. The van der Waals surface area contributed by atoms with Gasteiger partial charge in [0.15, 0.2) is 0 Å². The van der Waals surface area contributed by atoms with Crippen molar-refractivity contribution in [2.45, 2.75) is 13.8 Å². The molecule has 0 aliphatic rings. The zero-order chi connectivity index (χ0) is 11.0. The van der Waals surface area contributed by atoms with Crippen molar-refractivity contribution in [2.24, 2.45) is 0 Å². The zero-order valence-corrected chi connectivity index (χ0v) is 9.49. The van der Waals surface area contributed by atoms with E-state index in [1.54, 1.807) is 23.5 Å². The first-order chi connectivity index (χ1) is 7.08. The predicted molar refractivity (Wildman–Crippen MR) is 63.6 cm³/mol. The Morgan fingerprint density at radius 1 is 1.13 bits per heavy atom. The minimum absolute atomic E-state index is 0.254. The minimum Gasteiger partial charge on any atom is -0.399 e. The fourth-order valence-corrected chi connectivity index (χ4v) is 2.59. The largest absolute Gasteiger partial charge is 0.399 e. The van der Waals surface area contributed by atoms with Gasteiger partial charge in [-0.1, -0.05) is 0 Å². The fraction of sp³-hybridized carbons (Fsp3) is 0.167. The Morgan fingerprint density at radius 3 is 2.40 bits per heavy atom. The van der Waals surface area contributed by atoms with Crippen LogP contribution >= 0.6 is 11.3 Å². The van der Waals surface area contributed by atoms with E-state index in [9.17, 15) is 4.39 Å². The highest BCUT2D eigenvalue weighted by Gasteiger charge is 2.10. The number of benzene rings is 1. The van der Waals surface area contributed by atoms with E-state index in [1.807, 2.05) is 19.9 Å². The third-order valence-electron chi connectivity index (χ3n) is 2.32. The van der Waals surface area contributed by atoms with E-state index in [0.717, 1.165) is 10.4 Å². The van der Waals surface area contributed by atoms with Gasteiger partial charge >= 0.3 is 0 Å². The molecule has 2 N–H and O–H groups in total. The molecule has 2 rings (SSSR count). The molecule has 1 nitrogen and oxygen atoms in total. The Bertz CT molecular complexity index is 502. The summed E-state index contributed by atoms with van der Waals surface area (Å²) in [5.74, 6) is -0.254. The molecule has 0 aliphatic carbocycles. The third-order valence-corrected chi connectivity index (χ3v) is 3.29. The number of nitrogens with two attached hydrogens (primary N) is 1. The number of nitrogen functional groups attached to an aromatic ring is 1. The number of hydrogen-bond acceptors (Lipinski definition) is 2. The molecule has 0 spiro atoms. The van der Waals surface area contributed by atoms with Crippen LogP contribution in [0.2, 0.25) is 0 Å². The van der Waals surface area contributed by atoms with Gasteiger partial charge in [-0.05, 0) is 43.7 Å². The minimum atomic E-state index is -0.254. The molecule has 0 atom stereocenters. The maximum atomic E-state index is 13.7. The van der Waals surface area contributed by atoms with E-state index in [4.69, 9.17) is 5.73 Å². The van der Waals surface area contributed by atoms with Gasteiger partial charge in [-0.3, -0.25) is 0 Å². The second kappa shape index (κ2) is 3.66. The highest BCUT2D eigenvalue weighted by atomic mass is 32.1. The molecule has 0 fully saturated rings. The Hall–Kier alpha value is -1.35. The number of hydrogen-bond donors (Lipinski definition) is 1. The second-order valence-corrected chi connectivity index (χ2v) is 5.03. The topological polar surface area (TPSA) is 26.0 Å². The molecule has 0 radical (unpaired) electrons. The summed E-state index contributed by atoms with van der Waals surface area (Å²) < 4.78 is 13.7. The molecule has 1 aromatic heterocycles. The zero-order valence-electron chi connectivity index (χ0n) is 8.67. The van der Waals surface area contributed by atoms with Gasteiger partial charge in [0.1, 0.15) is 5.82 Å². The molecule has 0 amide bonds. The Labute approximate surface area is 92.4 Å². The monoisotopic (exact) mass is 221 g/mol. The van der Waals surface area contributed by atoms with E-state index < -0.39 is 0 Å². The van der Waals surface area contributed by atoms with E-state index in [0.29, 0.717) is 11.3 Å². The van der Waals surface area contributed by atoms with Crippen LogP contribution in [0.1, 0.15) is 9.75 Å².